The van der Waals surface area contributed by atoms with E-state index in [-0.39, 0.29) is 56.7 Å². The number of aliphatic hydroxyl groups is 2. The van der Waals surface area contributed by atoms with Gasteiger partial charge in [0.2, 0.25) is 5.91 Å². The van der Waals surface area contributed by atoms with Crippen LogP contribution < -0.4 is 10.1 Å². The third kappa shape index (κ3) is 19.5. The molecule has 3 N–H and O–H groups in total. The molecule has 0 bridgehead atoms. The number of rotatable bonds is 26. The van der Waals surface area contributed by atoms with Crippen molar-refractivity contribution in [3.63, 3.8) is 0 Å². The van der Waals surface area contributed by atoms with Crippen molar-refractivity contribution in [1.29, 1.82) is 0 Å². The van der Waals surface area contributed by atoms with Crippen molar-refractivity contribution in [3.8, 4) is 5.75 Å². The molecule has 6 atom stereocenters. The lowest BCUT2D eigenvalue weighted by molar-refractivity contribution is -0.790. The molecular formula is C35H48F3N3O15. The minimum absolute atomic E-state index is 0.0771. The molecule has 56 heavy (non-hydrogen) atoms. The van der Waals surface area contributed by atoms with Crippen molar-refractivity contribution in [2.45, 2.75) is 95.5 Å². The number of alkyl halides is 3. The Hall–Kier alpha value is -5.02. The van der Waals surface area contributed by atoms with Gasteiger partial charge in [0.25, 0.3) is 10.2 Å². The number of unbranched alkanes of at least 4 members (excludes halogenated alkanes) is 1. The van der Waals surface area contributed by atoms with Crippen LogP contribution >= 0.6 is 0 Å². The third-order valence-electron chi connectivity index (χ3n) is 8.05. The van der Waals surface area contributed by atoms with Gasteiger partial charge >= 0.3 is 18.1 Å². The van der Waals surface area contributed by atoms with Gasteiger partial charge in [0.05, 0.1) is 43.5 Å². The molecule has 0 aliphatic heterocycles. The normalized spacial score (nSPS) is 19.4. The first-order chi connectivity index (χ1) is 26.4. The second-order valence-electron chi connectivity index (χ2n) is 12.9. The summed E-state index contributed by atoms with van der Waals surface area (Å²) < 4.78 is 61.0. The molecule has 1 aliphatic carbocycles. The highest BCUT2D eigenvalue weighted by Crippen LogP contribution is 2.36. The standard InChI is InChI=1S/C35H48F3N3O15/c1-23(2)54-33(45)11-6-4-3-5-10-28-29(31(43)19-30(28)42)13-12-26(21-52-25-9-7-8-24(18-25)35(36,37)38)55-34(46)14-16-39-32(44)15-17-51-20-27(56-41(49)50)22-53-40(47)48/h3,5,7-9,12-13,18,23,26-31,42-43H,4,6,10-11,14-17,19-22H2,1-2H3,(H,39,44)/b5-3-,13-12+/t26-,27?,28-,29-,30+,31-/m1/s1. The van der Waals surface area contributed by atoms with Gasteiger partial charge < -0.3 is 44.2 Å². The van der Waals surface area contributed by atoms with Crippen molar-refractivity contribution in [2.75, 3.05) is 33.0 Å². The number of halogens is 3. The second kappa shape index (κ2) is 24.5. The first kappa shape index (κ1) is 47.1. The van der Waals surface area contributed by atoms with Gasteiger partial charge in [-0.15, -0.1) is 20.2 Å². The predicted octanol–water partition coefficient (Wildman–Crippen LogP) is 3.68. The Bertz CT molecular complexity index is 1480. The van der Waals surface area contributed by atoms with E-state index in [1.807, 2.05) is 12.2 Å². The van der Waals surface area contributed by atoms with Crippen LogP contribution in [-0.4, -0.2) is 102 Å². The Balaban J connectivity index is 1.99. The van der Waals surface area contributed by atoms with Crippen LogP contribution in [-0.2, 0) is 44.4 Å². The molecule has 0 saturated heterocycles. The van der Waals surface area contributed by atoms with E-state index in [4.69, 9.17) is 18.9 Å². The summed E-state index contributed by atoms with van der Waals surface area (Å²) in [5.74, 6) is -2.87. The zero-order chi connectivity index (χ0) is 41.7. The van der Waals surface area contributed by atoms with Crippen LogP contribution in [0.1, 0.15) is 64.4 Å². The number of carbonyl (C=O) groups excluding carboxylic acids is 3. The van der Waals surface area contributed by atoms with Gasteiger partial charge in [-0.25, -0.2) is 0 Å². The Labute approximate surface area is 320 Å². The van der Waals surface area contributed by atoms with E-state index in [1.165, 1.54) is 12.1 Å². The zero-order valence-corrected chi connectivity index (χ0v) is 30.9. The van der Waals surface area contributed by atoms with Gasteiger partial charge in [0, 0.05) is 31.7 Å². The molecule has 1 amide bonds. The number of nitrogens with zero attached hydrogens (tertiary/aromatic N) is 2. The Morgan fingerprint density at radius 2 is 1.71 bits per heavy atom. The molecule has 0 spiro atoms. The highest BCUT2D eigenvalue weighted by molar-refractivity contribution is 5.77. The minimum atomic E-state index is -4.63. The largest absolute Gasteiger partial charge is 0.489 e. The maximum atomic E-state index is 13.3. The number of benzene rings is 1. The first-order valence-electron chi connectivity index (χ1n) is 17.8. The minimum Gasteiger partial charge on any atom is -0.489 e. The van der Waals surface area contributed by atoms with Crippen LogP contribution in [0.4, 0.5) is 13.2 Å². The van der Waals surface area contributed by atoms with E-state index in [0.29, 0.717) is 19.3 Å². The van der Waals surface area contributed by atoms with Crippen LogP contribution in [0.2, 0.25) is 0 Å². The quantitative estimate of drug-likeness (QED) is 0.0397. The molecule has 0 radical (unpaired) electrons. The average Bonchev–Trinajstić information content (AvgIpc) is 3.37. The highest BCUT2D eigenvalue weighted by Gasteiger charge is 2.39. The summed E-state index contributed by atoms with van der Waals surface area (Å²) in [6.07, 6.45) is -1.32. The lowest BCUT2D eigenvalue weighted by atomic mass is 9.89. The van der Waals surface area contributed by atoms with Crippen molar-refractivity contribution < 1.29 is 76.6 Å². The topological polar surface area (TPSA) is 245 Å². The number of hydrogen-bond acceptors (Lipinski definition) is 15. The van der Waals surface area contributed by atoms with Crippen LogP contribution in [0.25, 0.3) is 0 Å². The van der Waals surface area contributed by atoms with Crippen molar-refractivity contribution >= 4 is 17.8 Å². The molecule has 1 aromatic rings. The molecular weight excluding hydrogens is 759 g/mol. The number of ether oxygens (including phenoxy) is 4. The average molecular weight is 808 g/mol. The summed E-state index contributed by atoms with van der Waals surface area (Å²) in [4.78, 5) is 65.8. The van der Waals surface area contributed by atoms with E-state index in [1.54, 1.807) is 19.9 Å². The third-order valence-corrected chi connectivity index (χ3v) is 8.05. The molecule has 1 fully saturated rings. The fraction of sp³-hybridized carbons (Fsp3) is 0.629. The molecule has 18 nitrogen and oxygen atoms in total. The lowest BCUT2D eigenvalue weighted by Gasteiger charge is -2.21. The van der Waals surface area contributed by atoms with E-state index in [0.717, 1.165) is 18.2 Å². The smallest absolute Gasteiger partial charge is 0.416 e. The number of esters is 2. The number of nitrogens with one attached hydrogen (secondary N) is 1. The number of aliphatic hydroxyl groups excluding tert-OH is 2. The van der Waals surface area contributed by atoms with Crippen molar-refractivity contribution in [1.82, 2.24) is 5.32 Å². The number of amides is 1. The summed E-state index contributed by atoms with van der Waals surface area (Å²) >= 11 is 0. The fourth-order valence-electron chi connectivity index (χ4n) is 5.46. The Morgan fingerprint density at radius 3 is 2.39 bits per heavy atom. The Morgan fingerprint density at radius 1 is 0.982 bits per heavy atom. The van der Waals surface area contributed by atoms with Gasteiger partial charge in [-0.05, 0) is 63.3 Å². The maximum Gasteiger partial charge on any atom is 0.416 e. The van der Waals surface area contributed by atoms with Crippen LogP contribution in [0.15, 0.2) is 48.6 Å². The highest BCUT2D eigenvalue weighted by atomic mass is 19.4. The van der Waals surface area contributed by atoms with Gasteiger partial charge in [0.15, 0.2) is 12.2 Å². The number of carbonyl (C=O) groups is 3. The molecule has 1 saturated carbocycles. The first-order valence-corrected chi connectivity index (χ1v) is 17.8. The van der Waals surface area contributed by atoms with Crippen LogP contribution in [0.5, 0.6) is 5.75 Å². The van der Waals surface area contributed by atoms with Gasteiger partial charge in [0.1, 0.15) is 19.0 Å². The number of hydrogen-bond donors (Lipinski definition) is 3. The zero-order valence-electron chi connectivity index (χ0n) is 30.9. The summed E-state index contributed by atoms with van der Waals surface area (Å²) in [6, 6.07) is 4.09. The molecule has 0 heterocycles. The van der Waals surface area contributed by atoms with E-state index in [2.05, 4.69) is 15.0 Å². The summed E-state index contributed by atoms with van der Waals surface area (Å²) in [5, 5.41) is 42.3. The van der Waals surface area contributed by atoms with Gasteiger partial charge in [-0.1, -0.05) is 24.3 Å². The molecule has 314 valence electrons. The SMILES string of the molecule is CC(C)OC(=O)CCC/C=C\C[C@@H]1[C@@H](/C=C/[C@H](COc2cccc(C(F)(F)F)c2)OC(=O)CCNC(=O)CCOCC(CO[N+](=O)[O-])O[N+](=O)[O-])[C@H](O)C[C@@H]1O. The second-order valence-corrected chi connectivity index (χ2v) is 12.9. The van der Waals surface area contributed by atoms with E-state index < -0.39 is 89.9 Å². The van der Waals surface area contributed by atoms with E-state index >= 15 is 0 Å². The van der Waals surface area contributed by atoms with Gasteiger partial charge in [-0.2, -0.15) is 13.2 Å². The van der Waals surface area contributed by atoms with Gasteiger partial charge in [-0.3, -0.25) is 14.4 Å². The van der Waals surface area contributed by atoms with Crippen molar-refractivity contribution in [2.24, 2.45) is 11.8 Å². The van der Waals surface area contributed by atoms with Crippen molar-refractivity contribution in [3.05, 3.63) is 74.4 Å². The van der Waals surface area contributed by atoms with Crippen LogP contribution in [0.3, 0.4) is 0 Å². The molecule has 1 aromatic carbocycles. The summed E-state index contributed by atoms with van der Waals surface area (Å²) in [6.45, 7) is 1.35. The van der Waals surface area contributed by atoms with Crippen LogP contribution in [0, 0.1) is 32.1 Å². The Kier molecular flexibility index (Phi) is 20.6. The van der Waals surface area contributed by atoms with E-state index in [9.17, 15) is 58.0 Å². The monoisotopic (exact) mass is 807 g/mol. The fourth-order valence-corrected chi connectivity index (χ4v) is 5.46. The molecule has 2 rings (SSSR count). The molecule has 1 aliphatic rings. The summed E-state index contributed by atoms with van der Waals surface area (Å²) in [5.41, 5.74) is -0.955. The summed E-state index contributed by atoms with van der Waals surface area (Å²) in [7, 11) is 0. The molecule has 21 heteroatoms. The maximum absolute atomic E-state index is 13.3. The number of allylic oxidation sites excluding steroid dienone is 2. The molecule has 0 aromatic heterocycles. The lowest BCUT2D eigenvalue weighted by Crippen LogP contribution is -2.31. The molecule has 1 unspecified atom stereocenters. The predicted molar refractivity (Wildman–Crippen MR) is 186 cm³/mol.